The topological polar surface area (TPSA) is 29.3 Å². The fourth-order valence-electron chi connectivity index (χ4n) is 2.40. The Morgan fingerprint density at radius 2 is 1.93 bits per heavy atom. The minimum atomic E-state index is 0.429. The highest BCUT2D eigenvalue weighted by atomic mass is 15.1. The predicted molar refractivity (Wildman–Crippen MR) is 67.0 cm³/mol. The second kappa shape index (κ2) is 7.24. The minimum Gasteiger partial charge on any atom is -0.328 e. The fraction of sp³-hybridized carbons (Fsp3) is 1.00. The molecule has 1 aliphatic heterocycles. The lowest BCUT2D eigenvalue weighted by Gasteiger charge is -2.31. The molecule has 1 heterocycles. The van der Waals surface area contributed by atoms with E-state index < -0.39 is 0 Å². The van der Waals surface area contributed by atoms with E-state index in [2.05, 4.69) is 18.7 Å². The van der Waals surface area contributed by atoms with E-state index in [1.165, 1.54) is 51.7 Å². The monoisotopic (exact) mass is 212 g/mol. The van der Waals surface area contributed by atoms with Gasteiger partial charge in [0.25, 0.3) is 0 Å². The Morgan fingerprint density at radius 3 is 2.47 bits per heavy atom. The number of hydrogen-bond acceptors (Lipinski definition) is 2. The summed E-state index contributed by atoms with van der Waals surface area (Å²) in [5.41, 5.74) is 5.91. The van der Waals surface area contributed by atoms with E-state index in [9.17, 15) is 0 Å². The van der Waals surface area contributed by atoms with Crippen LogP contribution in [-0.4, -0.2) is 30.6 Å². The van der Waals surface area contributed by atoms with Gasteiger partial charge in [-0.2, -0.15) is 0 Å². The summed E-state index contributed by atoms with van der Waals surface area (Å²) in [6.45, 7) is 8.40. The average molecular weight is 212 g/mol. The first-order valence-electron chi connectivity index (χ1n) is 6.74. The van der Waals surface area contributed by atoms with Gasteiger partial charge in [0, 0.05) is 6.04 Å². The molecule has 1 unspecified atom stereocenters. The van der Waals surface area contributed by atoms with Gasteiger partial charge in [-0.05, 0) is 57.7 Å². The maximum atomic E-state index is 5.91. The second-order valence-corrected chi connectivity index (χ2v) is 5.00. The molecule has 0 saturated carbocycles. The normalized spacial score (nSPS) is 21.8. The molecule has 15 heavy (non-hydrogen) atoms. The molecule has 1 atom stereocenters. The van der Waals surface area contributed by atoms with Crippen molar-refractivity contribution in [1.82, 2.24) is 4.90 Å². The first-order chi connectivity index (χ1) is 7.26. The van der Waals surface area contributed by atoms with Crippen LogP contribution in [0.1, 0.15) is 52.4 Å². The van der Waals surface area contributed by atoms with Gasteiger partial charge in [0.15, 0.2) is 0 Å². The molecular formula is C13H28N2. The van der Waals surface area contributed by atoms with Crippen molar-refractivity contribution in [1.29, 1.82) is 0 Å². The predicted octanol–water partition coefficient (Wildman–Crippen LogP) is 2.63. The van der Waals surface area contributed by atoms with Crippen LogP contribution in [0.25, 0.3) is 0 Å². The fourth-order valence-corrected chi connectivity index (χ4v) is 2.40. The zero-order valence-corrected chi connectivity index (χ0v) is 10.5. The zero-order chi connectivity index (χ0) is 11.1. The van der Waals surface area contributed by atoms with Crippen LogP contribution in [0.4, 0.5) is 0 Å². The Morgan fingerprint density at radius 1 is 1.27 bits per heavy atom. The van der Waals surface area contributed by atoms with Crippen molar-refractivity contribution in [2.24, 2.45) is 11.7 Å². The third-order valence-electron chi connectivity index (χ3n) is 3.86. The summed E-state index contributed by atoms with van der Waals surface area (Å²) in [6, 6.07) is 0.429. The molecule has 0 aromatic rings. The van der Waals surface area contributed by atoms with Crippen molar-refractivity contribution < 1.29 is 0 Å². The van der Waals surface area contributed by atoms with Crippen molar-refractivity contribution in [2.45, 2.75) is 58.4 Å². The summed E-state index contributed by atoms with van der Waals surface area (Å²) in [5.74, 6) is 0.999. The van der Waals surface area contributed by atoms with Crippen LogP contribution in [0.2, 0.25) is 0 Å². The molecule has 0 bridgehead atoms. The number of nitrogens with two attached hydrogens (primary N) is 1. The molecule has 0 aliphatic carbocycles. The molecule has 2 heteroatoms. The highest BCUT2D eigenvalue weighted by Gasteiger charge is 2.17. The van der Waals surface area contributed by atoms with Gasteiger partial charge >= 0.3 is 0 Å². The van der Waals surface area contributed by atoms with E-state index in [1.54, 1.807) is 0 Å². The van der Waals surface area contributed by atoms with Crippen molar-refractivity contribution in [2.75, 3.05) is 19.6 Å². The van der Waals surface area contributed by atoms with Crippen molar-refractivity contribution in [3.05, 3.63) is 0 Å². The van der Waals surface area contributed by atoms with Crippen LogP contribution in [-0.2, 0) is 0 Å². The van der Waals surface area contributed by atoms with Gasteiger partial charge in [0.1, 0.15) is 0 Å². The Balaban J connectivity index is 2.03. The van der Waals surface area contributed by atoms with Crippen LogP contribution in [0.15, 0.2) is 0 Å². The van der Waals surface area contributed by atoms with Crippen molar-refractivity contribution in [3.8, 4) is 0 Å². The maximum absolute atomic E-state index is 5.91. The molecule has 0 spiro atoms. The SMILES string of the molecule is CCC(N)CCCN1CCC(CC)CC1. The molecular weight excluding hydrogens is 184 g/mol. The molecule has 90 valence electrons. The first-order valence-corrected chi connectivity index (χ1v) is 6.74. The van der Waals surface area contributed by atoms with Gasteiger partial charge in [-0.15, -0.1) is 0 Å². The smallest absolute Gasteiger partial charge is 0.00366 e. The number of hydrogen-bond donors (Lipinski definition) is 1. The highest BCUT2D eigenvalue weighted by Crippen LogP contribution is 2.20. The van der Waals surface area contributed by atoms with E-state index in [4.69, 9.17) is 5.73 Å². The van der Waals surface area contributed by atoms with Crippen LogP contribution >= 0.6 is 0 Å². The summed E-state index contributed by atoms with van der Waals surface area (Å²) < 4.78 is 0. The maximum Gasteiger partial charge on any atom is 0.00366 e. The molecule has 0 amide bonds. The molecule has 0 radical (unpaired) electrons. The van der Waals surface area contributed by atoms with Gasteiger partial charge in [-0.3, -0.25) is 0 Å². The average Bonchev–Trinajstić information content (AvgIpc) is 2.29. The van der Waals surface area contributed by atoms with Crippen LogP contribution in [0.5, 0.6) is 0 Å². The van der Waals surface area contributed by atoms with E-state index in [0.717, 1.165) is 12.3 Å². The lowest BCUT2D eigenvalue weighted by atomic mass is 9.94. The van der Waals surface area contributed by atoms with E-state index in [1.807, 2.05) is 0 Å². The molecule has 2 N–H and O–H groups in total. The Bertz CT molecular complexity index is 151. The van der Waals surface area contributed by atoms with Gasteiger partial charge < -0.3 is 10.6 Å². The van der Waals surface area contributed by atoms with E-state index in [-0.39, 0.29) is 0 Å². The van der Waals surface area contributed by atoms with Gasteiger partial charge in [0.05, 0.1) is 0 Å². The lowest BCUT2D eigenvalue weighted by molar-refractivity contribution is 0.178. The van der Waals surface area contributed by atoms with Crippen LogP contribution in [0, 0.1) is 5.92 Å². The standard InChI is InChI=1S/C13H28N2/c1-3-12-7-10-15(11-8-12)9-5-6-13(14)4-2/h12-13H,3-11,14H2,1-2H3. The summed E-state index contributed by atoms with van der Waals surface area (Å²) in [4.78, 5) is 2.62. The summed E-state index contributed by atoms with van der Waals surface area (Å²) in [6.07, 6.45) is 7.80. The summed E-state index contributed by atoms with van der Waals surface area (Å²) >= 11 is 0. The largest absolute Gasteiger partial charge is 0.328 e. The van der Waals surface area contributed by atoms with Crippen LogP contribution in [0.3, 0.4) is 0 Å². The van der Waals surface area contributed by atoms with Gasteiger partial charge in [-0.25, -0.2) is 0 Å². The van der Waals surface area contributed by atoms with Gasteiger partial charge in [0.2, 0.25) is 0 Å². The molecule has 2 nitrogen and oxygen atoms in total. The summed E-state index contributed by atoms with van der Waals surface area (Å²) in [7, 11) is 0. The molecule has 1 aliphatic rings. The third kappa shape index (κ3) is 4.98. The van der Waals surface area contributed by atoms with Crippen LogP contribution < -0.4 is 5.73 Å². The number of nitrogens with zero attached hydrogens (tertiary/aromatic N) is 1. The van der Waals surface area contributed by atoms with E-state index in [0.29, 0.717) is 6.04 Å². The molecule has 0 aromatic heterocycles. The van der Waals surface area contributed by atoms with E-state index >= 15 is 0 Å². The van der Waals surface area contributed by atoms with Crippen molar-refractivity contribution >= 4 is 0 Å². The second-order valence-electron chi connectivity index (χ2n) is 5.00. The Labute approximate surface area is 95.2 Å². The Hall–Kier alpha value is -0.0800. The lowest BCUT2D eigenvalue weighted by Crippen LogP contribution is -2.34. The number of likely N-dealkylation sites (tertiary alicyclic amines) is 1. The quantitative estimate of drug-likeness (QED) is 0.733. The number of piperidine rings is 1. The first kappa shape index (κ1) is 13.0. The highest BCUT2D eigenvalue weighted by molar-refractivity contribution is 4.71. The number of rotatable bonds is 6. The molecule has 1 saturated heterocycles. The van der Waals surface area contributed by atoms with Crippen molar-refractivity contribution in [3.63, 3.8) is 0 Å². The molecule has 1 rings (SSSR count). The minimum absolute atomic E-state index is 0.429. The van der Waals surface area contributed by atoms with Gasteiger partial charge in [-0.1, -0.05) is 20.3 Å². The Kier molecular flexibility index (Phi) is 6.26. The summed E-state index contributed by atoms with van der Waals surface area (Å²) in [5, 5.41) is 0. The third-order valence-corrected chi connectivity index (χ3v) is 3.86. The zero-order valence-electron chi connectivity index (χ0n) is 10.5. The molecule has 1 fully saturated rings. The molecule has 0 aromatic carbocycles.